The summed E-state index contributed by atoms with van der Waals surface area (Å²) in [4.78, 5) is 0. The number of benzene rings is 7. The molecule has 0 saturated heterocycles. The van der Waals surface area contributed by atoms with Crippen LogP contribution in [0.15, 0.2) is 126 Å². The zero-order chi connectivity index (χ0) is 26.6. The number of para-hydroxylation sites is 1. The molecular weight excluding hydrogens is 484 g/mol. The Morgan fingerprint density at radius 2 is 1.02 bits per heavy atom. The molecule has 0 atom stereocenters. The summed E-state index contributed by atoms with van der Waals surface area (Å²) in [6.07, 6.45) is 0. The summed E-state index contributed by atoms with van der Waals surface area (Å²) in [6, 6.07) is 44.4. The van der Waals surface area contributed by atoms with Crippen LogP contribution in [0.5, 0.6) is 0 Å². The maximum Gasteiger partial charge on any atom is 0.143 e. The topological polar surface area (TPSA) is 13.1 Å². The smallest absolute Gasteiger partial charge is 0.143 e. The van der Waals surface area contributed by atoms with Crippen LogP contribution in [-0.2, 0) is 5.41 Å². The van der Waals surface area contributed by atoms with Gasteiger partial charge in [0.2, 0.25) is 0 Å². The van der Waals surface area contributed by atoms with Gasteiger partial charge in [0.05, 0.1) is 0 Å². The molecule has 40 heavy (non-hydrogen) atoms. The summed E-state index contributed by atoms with van der Waals surface area (Å²) in [5.74, 6) is 0. The first kappa shape index (κ1) is 22.0. The molecule has 9 rings (SSSR count). The van der Waals surface area contributed by atoms with E-state index in [1.807, 2.05) is 0 Å². The lowest BCUT2D eigenvalue weighted by Crippen LogP contribution is -2.14. The molecule has 0 bridgehead atoms. The largest absolute Gasteiger partial charge is 0.455 e. The van der Waals surface area contributed by atoms with E-state index in [9.17, 15) is 0 Å². The van der Waals surface area contributed by atoms with Gasteiger partial charge in [-0.3, -0.25) is 0 Å². The Labute approximate surface area is 232 Å². The Bertz CT molecular complexity index is 2310. The third-order valence-corrected chi connectivity index (χ3v) is 9.26. The molecule has 0 aliphatic heterocycles. The highest BCUT2D eigenvalue weighted by atomic mass is 16.3. The van der Waals surface area contributed by atoms with E-state index in [0.717, 1.165) is 16.7 Å². The molecule has 1 aliphatic carbocycles. The highest BCUT2D eigenvalue weighted by Gasteiger charge is 2.36. The van der Waals surface area contributed by atoms with Gasteiger partial charge in [-0.05, 0) is 78.3 Å². The van der Waals surface area contributed by atoms with E-state index in [2.05, 4.69) is 135 Å². The molecule has 1 aliphatic rings. The SMILES string of the molecule is CC1(C)c2ccccc2-c2cc3c(cc21)oc1c(-c2ccc4c5ccccc5c5ccccc5c4c2)cccc13. The molecule has 0 N–H and O–H groups in total. The maximum atomic E-state index is 6.73. The van der Waals surface area contributed by atoms with Gasteiger partial charge in [0, 0.05) is 21.8 Å². The molecule has 1 heterocycles. The maximum absolute atomic E-state index is 6.73. The van der Waals surface area contributed by atoms with E-state index in [0.29, 0.717) is 0 Å². The van der Waals surface area contributed by atoms with Gasteiger partial charge in [-0.25, -0.2) is 0 Å². The lowest BCUT2D eigenvalue weighted by molar-refractivity contribution is 0.648. The molecule has 0 radical (unpaired) electrons. The van der Waals surface area contributed by atoms with Gasteiger partial charge in [0.15, 0.2) is 0 Å². The van der Waals surface area contributed by atoms with E-state index in [1.165, 1.54) is 70.9 Å². The molecule has 1 heteroatoms. The Kier molecular flexibility index (Phi) is 4.18. The van der Waals surface area contributed by atoms with E-state index in [-0.39, 0.29) is 5.41 Å². The van der Waals surface area contributed by atoms with Crippen LogP contribution in [0.3, 0.4) is 0 Å². The molecular formula is C39H26O. The number of hydrogen-bond donors (Lipinski definition) is 0. The highest BCUT2D eigenvalue weighted by Crippen LogP contribution is 2.51. The minimum Gasteiger partial charge on any atom is -0.455 e. The van der Waals surface area contributed by atoms with Crippen molar-refractivity contribution in [2.75, 3.05) is 0 Å². The van der Waals surface area contributed by atoms with E-state index < -0.39 is 0 Å². The van der Waals surface area contributed by atoms with E-state index >= 15 is 0 Å². The molecule has 1 nitrogen and oxygen atoms in total. The van der Waals surface area contributed by atoms with Crippen LogP contribution in [0.4, 0.5) is 0 Å². The summed E-state index contributed by atoms with van der Waals surface area (Å²) in [5.41, 5.74) is 9.56. The average Bonchev–Trinajstić information content (AvgIpc) is 3.48. The van der Waals surface area contributed by atoms with Crippen LogP contribution in [0, 0.1) is 0 Å². The zero-order valence-corrected chi connectivity index (χ0v) is 22.5. The van der Waals surface area contributed by atoms with Crippen molar-refractivity contribution in [1.29, 1.82) is 0 Å². The predicted octanol–water partition coefficient (Wildman–Crippen LogP) is 11.0. The van der Waals surface area contributed by atoms with Crippen LogP contribution in [-0.4, -0.2) is 0 Å². The number of rotatable bonds is 1. The summed E-state index contributed by atoms with van der Waals surface area (Å²) in [6.45, 7) is 4.64. The first-order valence-electron chi connectivity index (χ1n) is 14.0. The van der Waals surface area contributed by atoms with Crippen molar-refractivity contribution in [1.82, 2.24) is 0 Å². The Balaban J connectivity index is 1.32. The summed E-state index contributed by atoms with van der Waals surface area (Å²) in [7, 11) is 0. The monoisotopic (exact) mass is 510 g/mol. The minimum atomic E-state index is -0.0515. The fourth-order valence-electron chi connectivity index (χ4n) is 7.29. The first-order valence-corrected chi connectivity index (χ1v) is 14.0. The van der Waals surface area contributed by atoms with Gasteiger partial charge >= 0.3 is 0 Å². The van der Waals surface area contributed by atoms with Crippen LogP contribution in [0.1, 0.15) is 25.0 Å². The highest BCUT2D eigenvalue weighted by molar-refractivity contribution is 6.26. The van der Waals surface area contributed by atoms with Crippen LogP contribution in [0.2, 0.25) is 0 Å². The van der Waals surface area contributed by atoms with E-state index in [4.69, 9.17) is 4.42 Å². The van der Waals surface area contributed by atoms with Crippen LogP contribution in [0.25, 0.3) is 76.5 Å². The Morgan fingerprint density at radius 3 is 1.77 bits per heavy atom. The van der Waals surface area contributed by atoms with Crippen molar-refractivity contribution in [3.63, 3.8) is 0 Å². The predicted molar refractivity (Wildman–Crippen MR) is 169 cm³/mol. The van der Waals surface area contributed by atoms with Crippen LogP contribution < -0.4 is 0 Å². The molecule has 0 spiro atoms. The molecule has 1 aromatic heterocycles. The van der Waals surface area contributed by atoms with Crippen molar-refractivity contribution in [2.45, 2.75) is 19.3 Å². The molecule has 0 fully saturated rings. The van der Waals surface area contributed by atoms with Gasteiger partial charge in [-0.2, -0.15) is 0 Å². The summed E-state index contributed by atoms with van der Waals surface area (Å²) in [5, 5.41) is 10.1. The third kappa shape index (κ3) is 2.77. The lowest BCUT2D eigenvalue weighted by atomic mass is 9.82. The van der Waals surface area contributed by atoms with Crippen molar-refractivity contribution >= 4 is 54.3 Å². The first-order chi connectivity index (χ1) is 19.6. The Morgan fingerprint density at radius 1 is 0.425 bits per heavy atom. The zero-order valence-electron chi connectivity index (χ0n) is 22.5. The van der Waals surface area contributed by atoms with Crippen molar-refractivity contribution in [3.05, 3.63) is 132 Å². The summed E-state index contributed by atoms with van der Waals surface area (Å²) >= 11 is 0. The van der Waals surface area contributed by atoms with Crippen molar-refractivity contribution in [2.24, 2.45) is 0 Å². The number of hydrogen-bond acceptors (Lipinski definition) is 1. The van der Waals surface area contributed by atoms with Crippen molar-refractivity contribution in [3.8, 4) is 22.3 Å². The standard InChI is InChI=1S/C39H26O/c1-39(2)35-17-8-7-14-30(35)33-21-34-31-16-9-15-24(38(31)40-37(34)22-36(33)39)23-18-19-29-27-12-4-3-10-25(27)26-11-5-6-13-28(26)32(29)20-23/h3-22H,1-2H3. The minimum absolute atomic E-state index is 0.0515. The number of fused-ring (bicyclic) bond motifs is 12. The van der Waals surface area contributed by atoms with Crippen LogP contribution >= 0.6 is 0 Å². The lowest BCUT2D eigenvalue weighted by Gasteiger charge is -2.21. The summed E-state index contributed by atoms with van der Waals surface area (Å²) < 4.78 is 6.73. The fourth-order valence-corrected chi connectivity index (χ4v) is 7.29. The molecule has 8 aromatic rings. The molecule has 0 unspecified atom stereocenters. The molecule has 7 aromatic carbocycles. The molecule has 0 amide bonds. The van der Waals surface area contributed by atoms with Gasteiger partial charge in [-0.1, -0.05) is 117 Å². The van der Waals surface area contributed by atoms with Gasteiger partial charge in [0.1, 0.15) is 11.2 Å². The third-order valence-electron chi connectivity index (χ3n) is 9.26. The second kappa shape index (κ2) is 7.61. The van der Waals surface area contributed by atoms with E-state index in [1.54, 1.807) is 0 Å². The second-order valence-corrected chi connectivity index (χ2v) is 11.7. The van der Waals surface area contributed by atoms with Gasteiger partial charge in [0.25, 0.3) is 0 Å². The van der Waals surface area contributed by atoms with Gasteiger partial charge in [-0.15, -0.1) is 0 Å². The molecule has 188 valence electrons. The second-order valence-electron chi connectivity index (χ2n) is 11.7. The normalized spacial score (nSPS) is 13.9. The number of furan rings is 1. The Hall–Kier alpha value is -4.88. The fraction of sp³-hybridized carbons (Fsp3) is 0.0769. The van der Waals surface area contributed by atoms with Crippen molar-refractivity contribution < 1.29 is 4.42 Å². The van der Waals surface area contributed by atoms with Gasteiger partial charge < -0.3 is 4.42 Å². The molecule has 0 saturated carbocycles. The quantitative estimate of drug-likeness (QED) is 0.200. The average molecular weight is 511 g/mol.